The van der Waals surface area contributed by atoms with Crippen LogP contribution in [0.5, 0.6) is 0 Å². The van der Waals surface area contributed by atoms with Gasteiger partial charge in [-0.25, -0.2) is 4.79 Å². The summed E-state index contributed by atoms with van der Waals surface area (Å²) in [7, 11) is 1.68. The zero-order valence-corrected chi connectivity index (χ0v) is 14.8. The van der Waals surface area contributed by atoms with Crippen LogP contribution < -0.4 is 0 Å². The van der Waals surface area contributed by atoms with E-state index in [4.69, 9.17) is 5.11 Å². The highest BCUT2D eigenvalue weighted by Crippen LogP contribution is 2.22. The summed E-state index contributed by atoms with van der Waals surface area (Å²) in [4.78, 5) is 40.1. The molecule has 0 atom stereocenters. The third-order valence-corrected chi connectivity index (χ3v) is 4.18. The molecule has 0 saturated heterocycles. The van der Waals surface area contributed by atoms with E-state index >= 15 is 0 Å². The Morgan fingerprint density at radius 1 is 1.16 bits per heavy atom. The number of benzene rings is 1. The number of hydrogen-bond acceptors (Lipinski definition) is 3. The molecule has 1 amide bonds. The number of Topliss-reactive ketones (excluding diaryl/α,β-unsaturated/α-hetero) is 1. The molecule has 6 nitrogen and oxygen atoms in total. The first-order valence-corrected chi connectivity index (χ1v) is 8.06. The van der Waals surface area contributed by atoms with E-state index in [9.17, 15) is 14.4 Å². The van der Waals surface area contributed by atoms with Crippen molar-refractivity contribution in [2.75, 3.05) is 7.05 Å². The van der Waals surface area contributed by atoms with Gasteiger partial charge in [-0.3, -0.25) is 9.59 Å². The topological polar surface area (TPSA) is 90.5 Å². The minimum atomic E-state index is -0.984. The molecule has 6 heteroatoms. The van der Waals surface area contributed by atoms with Gasteiger partial charge in [0.15, 0.2) is 5.78 Å². The van der Waals surface area contributed by atoms with Crippen LogP contribution in [0, 0.1) is 6.92 Å². The van der Waals surface area contributed by atoms with Crippen molar-refractivity contribution >= 4 is 17.7 Å². The molecule has 132 valence electrons. The normalized spacial score (nSPS) is 10.6. The summed E-state index contributed by atoms with van der Waals surface area (Å²) in [6.45, 7) is 5.54. The summed E-state index contributed by atoms with van der Waals surface area (Å²) in [5.41, 5.74) is 3.50. The number of carbonyl (C=O) groups is 3. The Morgan fingerprint density at radius 2 is 1.76 bits per heavy atom. The van der Waals surface area contributed by atoms with E-state index in [2.05, 4.69) is 4.98 Å². The van der Waals surface area contributed by atoms with Gasteiger partial charge in [0.2, 0.25) is 0 Å². The first-order chi connectivity index (χ1) is 11.8. The van der Waals surface area contributed by atoms with Gasteiger partial charge in [-0.15, -0.1) is 0 Å². The van der Waals surface area contributed by atoms with Crippen molar-refractivity contribution in [1.29, 1.82) is 0 Å². The monoisotopic (exact) mass is 342 g/mol. The summed E-state index contributed by atoms with van der Waals surface area (Å²) in [5, 5.41) is 8.93. The molecule has 0 aliphatic heterocycles. The van der Waals surface area contributed by atoms with Crippen molar-refractivity contribution < 1.29 is 19.5 Å². The van der Waals surface area contributed by atoms with Crippen molar-refractivity contribution in [1.82, 2.24) is 9.88 Å². The fourth-order valence-corrected chi connectivity index (χ4v) is 2.98. The van der Waals surface area contributed by atoms with Gasteiger partial charge < -0.3 is 15.0 Å². The van der Waals surface area contributed by atoms with E-state index in [0.717, 1.165) is 11.1 Å². The van der Waals surface area contributed by atoms with E-state index in [1.54, 1.807) is 31.0 Å². The van der Waals surface area contributed by atoms with E-state index in [-0.39, 0.29) is 17.3 Å². The number of rotatable bonds is 6. The minimum absolute atomic E-state index is 0.0587. The summed E-state index contributed by atoms with van der Waals surface area (Å²) in [5.74, 6) is -1.24. The Morgan fingerprint density at radius 3 is 2.24 bits per heavy atom. The summed E-state index contributed by atoms with van der Waals surface area (Å²) in [6.07, 6.45) is 0.585. The number of aromatic nitrogens is 1. The molecular weight excluding hydrogens is 320 g/mol. The number of carboxylic acids is 1. The number of carbonyl (C=O) groups excluding carboxylic acids is 2. The second-order valence-corrected chi connectivity index (χ2v) is 6.05. The van der Waals surface area contributed by atoms with Gasteiger partial charge in [0, 0.05) is 24.8 Å². The number of nitrogens with one attached hydrogen (secondary N) is 1. The largest absolute Gasteiger partial charge is 0.478 e. The second-order valence-electron chi connectivity index (χ2n) is 6.05. The van der Waals surface area contributed by atoms with Crippen molar-refractivity contribution in [2.24, 2.45) is 0 Å². The highest BCUT2D eigenvalue weighted by Gasteiger charge is 2.23. The molecule has 0 unspecified atom stereocenters. The van der Waals surface area contributed by atoms with Crippen LogP contribution in [0.2, 0.25) is 0 Å². The van der Waals surface area contributed by atoms with Gasteiger partial charge in [0.05, 0.1) is 5.56 Å². The lowest BCUT2D eigenvalue weighted by molar-refractivity contribution is 0.0695. The maximum atomic E-state index is 12.8. The number of aromatic carboxylic acids is 1. The Bertz CT molecular complexity index is 819. The van der Waals surface area contributed by atoms with Crippen molar-refractivity contribution in [3.63, 3.8) is 0 Å². The van der Waals surface area contributed by atoms with Gasteiger partial charge in [-0.1, -0.05) is 19.1 Å². The minimum Gasteiger partial charge on any atom is -0.478 e. The first kappa shape index (κ1) is 18.4. The molecule has 0 fully saturated rings. The van der Waals surface area contributed by atoms with Crippen LogP contribution in [-0.4, -0.2) is 39.7 Å². The van der Waals surface area contributed by atoms with E-state index in [1.807, 2.05) is 6.92 Å². The van der Waals surface area contributed by atoms with Crippen molar-refractivity contribution in [2.45, 2.75) is 33.7 Å². The molecule has 0 aliphatic carbocycles. The number of nitrogens with zero attached hydrogens (tertiary/aromatic N) is 1. The summed E-state index contributed by atoms with van der Waals surface area (Å²) < 4.78 is 0. The average Bonchev–Trinajstić information content (AvgIpc) is 2.91. The molecule has 2 aromatic rings. The van der Waals surface area contributed by atoms with Gasteiger partial charge in [-0.2, -0.15) is 0 Å². The lowest BCUT2D eigenvalue weighted by Gasteiger charge is -2.17. The average molecular weight is 342 g/mol. The Balaban J connectivity index is 2.24. The lowest BCUT2D eigenvalue weighted by atomic mass is 10.0. The van der Waals surface area contributed by atoms with Crippen LogP contribution in [0.25, 0.3) is 0 Å². The number of amides is 1. The van der Waals surface area contributed by atoms with E-state index in [1.165, 1.54) is 19.1 Å². The van der Waals surface area contributed by atoms with Crippen molar-refractivity contribution in [3.8, 4) is 0 Å². The quantitative estimate of drug-likeness (QED) is 0.790. The molecule has 2 N–H and O–H groups in total. The Labute approximate surface area is 146 Å². The van der Waals surface area contributed by atoms with Crippen LogP contribution in [0.15, 0.2) is 24.3 Å². The standard InChI is InChI=1S/C19H22N2O4/c1-5-15-16(12(3)22)11(2)20-17(15)18(23)21(4)10-13-6-8-14(9-7-13)19(24)25/h6-9,20H,5,10H2,1-4H3,(H,24,25). The number of aryl methyl sites for hydroxylation is 1. The predicted octanol–water partition coefficient (Wildman–Crippen LogP) is 3.06. The Hall–Kier alpha value is -2.89. The molecular formula is C19H22N2O4. The fraction of sp³-hybridized carbons (Fsp3) is 0.316. The third kappa shape index (κ3) is 3.79. The molecule has 25 heavy (non-hydrogen) atoms. The number of ketones is 1. The molecule has 1 heterocycles. The molecule has 0 aliphatic rings. The van der Waals surface area contributed by atoms with Crippen molar-refractivity contribution in [3.05, 3.63) is 57.9 Å². The van der Waals surface area contributed by atoms with E-state index in [0.29, 0.717) is 29.9 Å². The third-order valence-electron chi connectivity index (χ3n) is 4.18. The fourth-order valence-electron chi connectivity index (χ4n) is 2.98. The maximum Gasteiger partial charge on any atom is 0.335 e. The predicted molar refractivity (Wildman–Crippen MR) is 94.1 cm³/mol. The summed E-state index contributed by atoms with van der Waals surface area (Å²) >= 11 is 0. The maximum absolute atomic E-state index is 12.8. The zero-order chi connectivity index (χ0) is 18.7. The Kier molecular flexibility index (Phi) is 5.41. The van der Waals surface area contributed by atoms with Gasteiger partial charge in [-0.05, 0) is 43.5 Å². The molecule has 1 aromatic carbocycles. The number of carboxylic acid groups (broad SMARTS) is 1. The lowest BCUT2D eigenvalue weighted by Crippen LogP contribution is -2.27. The smallest absolute Gasteiger partial charge is 0.335 e. The molecule has 0 bridgehead atoms. The SMILES string of the molecule is CCc1c(C(=O)N(C)Cc2ccc(C(=O)O)cc2)[nH]c(C)c1C(C)=O. The molecule has 1 aromatic heterocycles. The van der Waals surface area contributed by atoms with Crippen LogP contribution in [0.3, 0.4) is 0 Å². The molecule has 0 spiro atoms. The van der Waals surface area contributed by atoms with Gasteiger partial charge >= 0.3 is 5.97 Å². The molecule has 0 radical (unpaired) electrons. The second kappa shape index (κ2) is 7.34. The highest BCUT2D eigenvalue weighted by molar-refractivity contribution is 6.02. The van der Waals surface area contributed by atoms with Crippen LogP contribution in [-0.2, 0) is 13.0 Å². The van der Waals surface area contributed by atoms with Crippen LogP contribution >= 0.6 is 0 Å². The number of hydrogen-bond donors (Lipinski definition) is 2. The molecule has 0 saturated carbocycles. The molecule has 2 rings (SSSR count). The van der Waals surface area contributed by atoms with Crippen LogP contribution in [0.1, 0.15) is 61.9 Å². The first-order valence-electron chi connectivity index (χ1n) is 8.06. The van der Waals surface area contributed by atoms with Gasteiger partial charge in [0.1, 0.15) is 5.69 Å². The zero-order valence-electron chi connectivity index (χ0n) is 14.8. The van der Waals surface area contributed by atoms with E-state index < -0.39 is 5.97 Å². The highest BCUT2D eigenvalue weighted by atomic mass is 16.4. The van der Waals surface area contributed by atoms with Gasteiger partial charge in [0.25, 0.3) is 5.91 Å². The van der Waals surface area contributed by atoms with Crippen LogP contribution in [0.4, 0.5) is 0 Å². The summed E-state index contributed by atoms with van der Waals surface area (Å²) in [6, 6.07) is 6.41. The number of H-pyrrole nitrogens is 1. The number of aromatic amines is 1.